The molecule has 1 aliphatic carbocycles. The predicted octanol–water partition coefficient (Wildman–Crippen LogP) is 0.610. The van der Waals surface area contributed by atoms with Crippen LogP contribution in [0.3, 0.4) is 0 Å². The van der Waals surface area contributed by atoms with Gasteiger partial charge >= 0.3 is 0 Å². The molecule has 0 radical (unpaired) electrons. The smallest absolute Gasteiger partial charge is 0.0504 e. The molecular weight excluding hydrogens is 138 g/mol. The van der Waals surface area contributed by atoms with E-state index in [-0.39, 0.29) is 6.04 Å². The van der Waals surface area contributed by atoms with Crippen LogP contribution in [0, 0.1) is 0 Å². The molecule has 0 amide bonds. The first-order valence-corrected chi connectivity index (χ1v) is 3.77. The largest absolute Gasteiger partial charge is 0.397 e. The lowest BCUT2D eigenvalue weighted by Gasteiger charge is -2.03. The Balaban J connectivity index is 2.52. The van der Waals surface area contributed by atoms with E-state index >= 15 is 0 Å². The van der Waals surface area contributed by atoms with Crippen LogP contribution in [0.1, 0.15) is 23.7 Å². The highest BCUT2D eigenvalue weighted by Gasteiger charge is 2.19. The van der Waals surface area contributed by atoms with Crippen molar-refractivity contribution in [2.75, 3.05) is 5.73 Å². The highest BCUT2D eigenvalue weighted by molar-refractivity contribution is 5.43. The molecule has 58 valence electrons. The van der Waals surface area contributed by atoms with Gasteiger partial charge in [0.15, 0.2) is 0 Å². The molecule has 1 aromatic rings. The van der Waals surface area contributed by atoms with Crippen LogP contribution < -0.4 is 11.5 Å². The second-order valence-electron chi connectivity index (χ2n) is 2.95. The maximum atomic E-state index is 5.82. The van der Waals surface area contributed by atoms with E-state index in [0.717, 1.165) is 24.1 Å². The first-order valence-electron chi connectivity index (χ1n) is 3.77. The molecule has 0 aliphatic heterocycles. The molecule has 3 nitrogen and oxygen atoms in total. The van der Waals surface area contributed by atoms with Gasteiger partial charge in [0.1, 0.15) is 0 Å². The standard InChI is InChI=1S/C8H11N3/c9-5-3-6-7(10)1-2-8(6)11-4-5/h3-4,7H,1-2,9-10H2/t7-/m1/s1. The minimum Gasteiger partial charge on any atom is -0.397 e. The number of nitrogen functional groups attached to an aromatic ring is 1. The van der Waals surface area contributed by atoms with Crippen LogP contribution in [-0.2, 0) is 6.42 Å². The molecule has 0 unspecified atom stereocenters. The highest BCUT2D eigenvalue weighted by Crippen LogP contribution is 2.28. The Morgan fingerprint density at radius 2 is 2.36 bits per heavy atom. The SMILES string of the molecule is Nc1cnc2c(c1)[C@H](N)CC2. The highest BCUT2D eigenvalue weighted by atomic mass is 14.8. The van der Waals surface area contributed by atoms with E-state index in [0.29, 0.717) is 5.69 Å². The molecule has 4 N–H and O–H groups in total. The molecule has 0 bridgehead atoms. The molecular formula is C8H11N3. The first kappa shape index (κ1) is 6.61. The zero-order valence-corrected chi connectivity index (χ0v) is 6.25. The fourth-order valence-corrected chi connectivity index (χ4v) is 1.50. The van der Waals surface area contributed by atoms with E-state index in [2.05, 4.69) is 4.98 Å². The number of hydrogen-bond donors (Lipinski definition) is 2. The van der Waals surface area contributed by atoms with Gasteiger partial charge in [-0.1, -0.05) is 0 Å². The molecule has 1 heterocycles. The van der Waals surface area contributed by atoms with Crippen LogP contribution in [0.25, 0.3) is 0 Å². The lowest BCUT2D eigenvalue weighted by Crippen LogP contribution is -2.05. The Kier molecular flexibility index (Phi) is 1.32. The van der Waals surface area contributed by atoms with E-state index in [1.165, 1.54) is 0 Å². The average molecular weight is 149 g/mol. The van der Waals surface area contributed by atoms with E-state index in [1.54, 1.807) is 6.20 Å². The fourth-order valence-electron chi connectivity index (χ4n) is 1.50. The predicted molar refractivity (Wildman–Crippen MR) is 43.9 cm³/mol. The van der Waals surface area contributed by atoms with E-state index in [4.69, 9.17) is 11.5 Å². The van der Waals surface area contributed by atoms with Gasteiger partial charge in [-0.2, -0.15) is 0 Å². The fraction of sp³-hybridized carbons (Fsp3) is 0.375. The van der Waals surface area contributed by atoms with Gasteiger partial charge < -0.3 is 11.5 Å². The van der Waals surface area contributed by atoms with Crippen molar-refractivity contribution in [3.05, 3.63) is 23.5 Å². The Hall–Kier alpha value is -1.09. The topological polar surface area (TPSA) is 64.9 Å². The minimum atomic E-state index is 0.154. The molecule has 3 heteroatoms. The minimum absolute atomic E-state index is 0.154. The van der Waals surface area contributed by atoms with Crippen molar-refractivity contribution in [3.63, 3.8) is 0 Å². The molecule has 0 fully saturated rings. The van der Waals surface area contributed by atoms with Crippen molar-refractivity contribution >= 4 is 5.69 Å². The van der Waals surface area contributed by atoms with Crippen LogP contribution >= 0.6 is 0 Å². The number of aryl methyl sites for hydroxylation is 1. The number of anilines is 1. The number of nitrogens with zero attached hydrogens (tertiary/aromatic N) is 1. The molecule has 1 aliphatic rings. The Labute approximate surface area is 65.4 Å². The molecule has 1 aromatic heterocycles. The zero-order valence-electron chi connectivity index (χ0n) is 6.25. The van der Waals surface area contributed by atoms with E-state index < -0.39 is 0 Å². The van der Waals surface area contributed by atoms with Crippen LogP contribution in [0.2, 0.25) is 0 Å². The van der Waals surface area contributed by atoms with Crippen molar-refractivity contribution in [3.8, 4) is 0 Å². The molecule has 0 saturated heterocycles. The summed E-state index contributed by atoms with van der Waals surface area (Å²) in [7, 11) is 0. The Bertz CT molecular complexity index is 283. The van der Waals surface area contributed by atoms with Crippen molar-refractivity contribution in [1.82, 2.24) is 4.98 Å². The zero-order chi connectivity index (χ0) is 7.84. The summed E-state index contributed by atoms with van der Waals surface area (Å²) < 4.78 is 0. The summed E-state index contributed by atoms with van der Waals surface area (Å²) >= 11 is 0. The van der Waals surface area contributed by atoms with Gasteiger partial charge in [-0.3, -0.25) is 4.98 Å². The number of aromatic nitrogens is 1. The van der Waals surface area contributed by atoms with Gasteiger partial charge in [-0.05, 0) is 24.5 Å². The summed E-state index contributed by atoms with van der Waals surface area (Å²) in [5.41, 5.74) is 14.4. The monoisotopic (exact) mass is 149 g/mol. The average Bonchev–Trinajstić information content (AvgIpc) is 2.33. The number of pyridine rings is 1. The molecule has 2 rings (SSSR count). The van der Waals surface area contributed by atoms with E-state index in [1.807, 2.05) is 6.07 Å². The molecule has 11 heavy (non-hydrogen) atoms. The third-order valence-corrected chi connectivity index (χ3v) is 2.12. The van der Waals surface area contributed by atoms with Crippen LogP contribution in [0.5, 0.6) is 0 Å². The van der Waals surface area contributed by atoms with Crippen molar-refractivity contribution < 1.29 is 0 Å². The second-order valence-corrected chi connectivity index (χ2v) is 2.95. The van der Waals surface area contributed by atoms with Gasteiger partial charge in [-0.25, -0.2) is 0 Å². The molecule has 0 spiro atoms. The maximum absolute atomic E-state index is 5.82. The van der Waals surface area contributed by atoms with Crippen LogP contribution in [0.4, 0.5) is 5.69 Å². The van der Waals surface area contributed by atoms with Crippen LogP contribution in [-0.4, -0.2) is 4.98 Å². The summed E-state index contributed by atoms with van der Waals surface area (Å²) in [6, 6.07) is 2.08. The normalized spacial score (nSPS) is 21.7. The van der Waals surface area contributed by atoms with Gasteiger partial charge in [0.05, 0.1) is 11.9 Å². The van der Waals surface area contributed by atoms with Gasteiger partial charge in [0.25, 0.3) is 0 Å². The third-order valence-electron chi connectivity index (χ3n) is 2.12. The molecule has 0 aromatic carbocycles. The van der Waals surface area contributed by atoms with E-state index in [9.17, 15) is 0 Å². The summed E-state index contributed by atoms with van der Waals surface area (Å²) in [6.45, 7) is 0. The lowest BCUT2D eigenvalue weighted by molar-refractivity contribution is 0.713. The number of fused-ring (bicyclic) bond motifs is 1. The van der Waals surface area contributed by atoms with Gasteiger partial charge in [0, 0.05) is 11.7 Å². The summed E-state index contributed by atoms with van der Waals surface area (Å²) in [5.74, 6) is 0. The number of rotatable bonds is 0. The summed E-state index contributed by atoms with van der Waals surface area (Å²) in [6.07, 6.45) is 3.69. The van der Waals surface area contributed by atoms with Crippen molar-refractivity contribution in [2.45, 2.75) is 18.9 Å². The second kappa shape index (κ2) is 2.20. The van der Waals surface area contributed by atoms with Gasteiger partial charge in [0.2, 0.25) is 0 Å². The first-order chi connectivity index (χ1) is 5.27. The third kappa shape index (κ3) is 0.973. The lowest BCUT2D eigenvalue weighted by atomic mass is 10.1. The summed E-state index contributed by atoms with van der Waals surface area (Å²) in [5, 5.41) is 0. The summed E-state index contributed by atoms with van der Waals surface area (Å²) in [4.78, 5) is 4.20. The van der Waals surface area contributed by atoms with Crippen molar-refractivity contribution in [2.24, 2.45) is 5.73 Å². The number of nitrogens with two attached hydrogens (primary N) is 2. The maximum Gasteiger partial charge on any atom is 0.0504 e. The van der Waals surface area contributed by atoms with Crippen molar-refractivity contribution in [1.29, 1.82) is 0 Å². The molecule has 1 atom stereocenters. The quantitative estimate of drug-likeness (QED) is 0.568. The van der Waals surface area contributed by atoms with Gasteiger partial charge in [-0.15, -0.1) is 0 Å². The Morgan fingerprint density at radius 3 is 3.18 bits per heavy atom. The van der Waals surface area contributed by atoms with Crippen LogP contribution in [0.15, 0.2) is 12.3 Å². The number of hydrogen-bond acceptors (Lipinski definition) is 3. The Morgan fingerprint density at radius 1 is 1.55 bits per heavy atom. The molecule has 0 saturated carbocycles.